The lowest BCUT2D eigenvalue weighted by atomic mass is 9.92. The number of halogens is 7. The van der Waals surface area contributed by atoms with E-state index in [0.29, 0.717) is 63.2 Å². The van der Waals surface area contributed by atoms with Gasteiger partial charge in [-0.15, -0.1) is 0 Å². The molecular formula is C26H28ClF6N3O2. The topological polar surface area (TPSA) is 44.8 Å². The van der Waals surface area contributed by atoms with Crippen LogP contribution >= 0.6 is 11.6 Å². The van der Waals surface area contributed by atoms with Crippen LogP contribution in [0.1, 0.15) is 36.8 Å². The van der Waals surface area contributed by atoms with Crippen LogP contribution in [0.25, 0.3) is 0 Å². The summed E-state index contributed by atoms with van der Waals surface area (Å²) in [4.78, 5) is 16.3. The van der Waals surface area contributed by atoms with E-state index in [1.54, 1.807) is 4.90 Å². The van der Waals surface area contributed by atoms with E-state index >= 15 is 0 Å². The molecule has 208 valence electrons. The molecule has 0 spiro atoms. The van der Waals surface area contributed by atoms with Crippen molar-refractivity contribution in [2.24, 2.45) is 0 Å². The van der Waals surface area contributed by atoms with Crippen molar-refractivity contribution in [3.63, 3.8) is 0 Å². The number of benzene rings is 2. The number of anilines is 2. The molecule has 0 bridgehead atoms. The number of amides is 1. The highest BCUT2D eigenvalue weighted by molar-refractivity contribution is 6.31. The van der Waals surface area contributed by atoms with Crippen molar-refractivity contribution in [2.45, 2.75) is 50.2 Å². The van der Waals surface area contributed by atoms with Gasteiger partial charge in [0.1, 0.15) is 6.61 Å². The summed E-state index contributed by atoms with van der Waals surface area (Å²) < 4.78 is 83.4. The average molecular weight is 564 g/mol. The number of piperazine rings is 1. The van der Waals surface area contributed by atoms with E-state index in [1.807, 2.05) is 4.90 Å². The van der Waals surface area contributed by atoms with Gasteiger partial charge in [-0.25, -0.2) is 0 Å². The molecule has 0 unspecified atom stereocenters. The van der Waals surface area contributed by atoms with Gasteiger partial charge in [-0.05, 0) is 68.1 Å². The maximum absolute atomic E-state index is 13.1. The zero-order valence-electron chi connectivity index (χ0n) is 20.4. The van der Waals surface area contributed by atoms with Gasteiger partial charge in [-0.2, -0.15) is 26.3 Å². The highest BCUT2D eigenvalue weighted by Gasteiger charge is 2.34. The Hall–Kier alpha value is -2.66. The van der Waals surface area contributed by atoms with Gasteiger partial charge >= 0.3 is 12.4 Å². The van der Waals surface area contributed by atoms with E-state index < -0.39 is 23.5 Å². The second kappa shape index (κ2) is 11.6. The van der Waals surface area contributed by atoms with Gasteiger partial charge < -0.3 is 19.9 Å². The van der Waals surface area contributed by atoms with E-state index in [1.165, 1.54) is 24.3 Å². The van der Waals surface area contributed by atoms with Crippen molar-refractivity contribution in [3.05, 3.63) is 58.6 Å². The summed E-state index contributed by atoms with van der Waals surface area (Å²) in [6, 6.07) is 8.76. The lowest BCUT2D eigenvalue weighted by molar-refractivity contribution is -0.139. The molecule has 5 nitrogen and oxygen atoms in total. The van der Waals surface area contributed by atoms with Crippen LogP contribution in [0.3, 0.4) is 0 Å². The summed E-state index contributed by atoms with van der Waals surface area (Å²) in [5.74, 6) is -0.141. The minimum Gasteiger partial charge on any atom is -0.382 e. The molecule has 1 amide bonds. The number of carbonyl (C=O) groups excluding carboxylic acids is 1. The van der Waals surface area contributed by atoms with Crippen LogP contribution in [0.5, 0.6) is 0 Å². The Bertz CT molecular complexity index is 1090. The zero-order chi connectivity index (χ0) is 27.5. The summed E-state index contributed by atoms with van der Waals surface area (Å²) in [7, 11) is 0. The SMILES string of the molecule is O=C(COC1CCC(Nc2ccc(Cl)c(C(F)(F)F)c2)CC1)N1CCN(c2ccc(C(F)(F)F)cc2)CC1. The van der Waals surface area contributed by atoms with E-state index in [0.717, 1.165) is 18.2 Å². The van der Waals surface area contributed by atoms with Gasteiger partial charge in [0, 0.05) is 43.6 Å². The van der Waals surface area contributed by atoms with Crippen LogP contribution in [-0.4, -0.2) is 55.7 Å². The van der Waals surface area contributed by atoms with Gasteiger partial charge in [0.15, 0.2) is 0 Å². The molecule has 1 saturated carbocycles. The summed E-state index contributed by atoms with van der Waals surface area (Å²) in [5, 5.41) is 2.79. The van der Waals surface area contributed by atoms with E-state index in [4.69, 9.17) is 16.3 Å². The van der Waals surface area contributed by atoms with E-state index in [-0.39, 0.29) is 29.7 Å². The van der Waals surface area contributed by atoms with Gasteiger partial charge in [0.2, 0.25) is 5.91 Å². The number of carbonyl (C=O) groups is 1. The summed E-state index contributed by atoms with van der Waals surface area (Å²) >= 11 is 5.68. The van der Waals surface area contributed by atoms with Crippen LogP contribution in [0.2, 0.25) is 5.02 Å². The third kappa shape index (κ3) is 7.25. The number of ether oxygens (including phenoxy) is 1. The Labute approximate surface area is 221 Å². The fourth-order valence-electron chi connectivity index (χ4n) is 4.80. The van der Waals surface area contributed by atoms with Crippen LogP contribution in [0.4, 0.5) is 37.7 Å². The molecule has 0 radical (unpaired) electrons. The Balaban J connectivity index is 1.17. The largest absolute Gasteiger partial charge is 0.417 e. The van der Waals surface area contributed by atoms with Crippen LogP contribution < -0.4 is 10.2 Å². The maximum Gasteiger partial charge on any atom is 0.417 e. The lowest BCUT2D eigenvalue weighted by Crippen LogP contribution is -2.50. The molecule has 1 heterocycles. The van der Waals surface area contributed by atoms with Crippen LogP contribution in [0, 0.1) is 0 Å². The third-order valence-electron chi connectivity index (χ3n) is 6.95. The van der Waals surface area contributed by atoms with Crippen molar-refractivity contribution in [1.82, 2.24) is 4.90 Å². The maximum atomic E-state index is 13.1. The van der Waals surface area contributed by atoms with Gasteiger partial charge in [0.25, 0.3) is 0 Å². The number of hydrogen-bond acceptors (Lipinski definition) is 4. The normalized spacial score (nSPS) is 20.9. The minimum absolute atomic E-state index is 0.00825. The van der Waals surface area contributed by atoms with Crippen molar-refractivity contribution in [3.8, 4) is 0 Å². The summed E-state index contributed by atoms with van der Waals surface area (Å²) in [5.41, 5.74) is -0.533. The van der Waals surface area contributed by atoms with Gasteiger partial charge in [-0.1, -0.05) is 11.6 Å². The minimum atomic E-state index is -4.53. The molecule has 38 heavy (non-hydrogen) atoms. The smallest absolute Gasteiger partial charge is 0.382 e. The van der Waals surface area contributed by atoms with Crippen molar-refractivity contribution < 1.29 is 35.9 Å². The summed E-state index contributed by atoms with van der Waals surface area (Å²) in [6.45, 7) is 1.85. The monoisotopic (exact) mass is 563 g/mol. The molecule has 0 atom stereocenters. The van der Waals surface area contributed by atoms with Crippen LogP contribution in [0.15, 0.2) is 42.5 Å². The quantitative estimate of drug-likeness (QED) is 0.410. The molecule has 1 aliphatic heterocycles. The van der Waals surface area contributed by atoms with Crippen molar-refractivity contribution >= 4 is 28.9 Å². The Morgan fingerprint density at radius 1 is 0.895 bits per heavy atom. The van der Waals surface area contributed by atoms with Crippen LogP contribution in [-0.2, 0) is 21.9 Å². The molecule has 12 heteroatoms. The first kappa shape index (κ1) is 28.4. The van der Waals surface area contributed by atoms with Crippen molar-refractivity contribution in [2.75, 3.05) is 43.0 Å². The molecule has 2 aliphatic rings. The summed E-state index contributed by atoms with van der Waals surface area (Å²) in [6.07, 6.45) is -6.29. The van der Waals surface area contributed by atoms with Gasteiger partial charge in [0.05, 0.1) is 22.3 Å². The molecule has 1 N–H and O–H groups in total. The third-order valence-corrected chi connectivity index (χ3v) is 7.28. The first-order valence-corrected chi connectivity index (χ1v) is 12.7. The predicted molar refractivity (Wildman–Crippen MR) is 132 cm³/mol. The highest BCUT2D eigenvalue weighted by atomic mass is 35.5. The second-order valence-electron chi connectivity index (χ2n) is 9.53. The standard InChI is InChI=1S/C26H28ClF6N3O2/c27-23-10-5-19(15-22(23)26(31,32)33)34-18-3-8-21(9-4-18)38-16-24(37)36-13-11-35(12-14-36)20-6-1-17(2-7-20)25(28,29)30/h1-2,5-7,10,15,18,21,34H,3-4,8-9,11-14,16H2. The fourth-order valence-corrected chi connectivity index (χ4v) is 5.02. The first-order chi connectivity index (χ1) is 17.9. The van der Waals surface area contributed by atoms with E-state index in [9.17, 15) is 31.1 Å². The highest BCUT2D eigenvalue weighted by Crippen LogP contribution is 2.37. The number of rotatable bonds is 6. The zero-order valence-corrected chi connectivity index (χ0v) is 21.2. The van der Waals surface area contributed by atoms with E-state index in [2.05, 4.69) is 5.32 Å². The molecule has 2 aromatic carbocycles. The Morgan fingerprint density at radius 2 is 1.53 bits per heavy atom. The lowest BCUT2D eigenvalue weighted by Gasteiger charge is -2.36. The molecule has 1 saturated heterocycles. The van der Waals surface area contributed by atoms with Crippen molar-refractivity contribution in [1.29, 1.82) is 0 Å². The molecule has 4 rings (SSSR count). The number of nitrogens with one attached hydrogen (secondary N) is 1. The Morgan fingerprint density at radius 3 is 2.11 bits per heavy atom. The first-order valence-electron chi connectivity index (χ1n) is 12.3. The fraction of sp³-hybridized carbons (Fsp3) is 0.500. The molecular weight excluding hydrogens is 536 g/mol. The molecule has 0 aromatic heterocycles. The van der Waals surface area contributed by atoms with Gasteiger partial charge in [-0.3, -0.25) is 4.79 Å². The molecule has 2 aromatic rings. The molecule has 2 fully saturated rings. The second-order valence-corrected chi connectivity index (χ2v) is 9.94. The Kier molecular flexibility index (Phi) is 8.66. The number of hydrogen-bond donors (Lipinski definition) is 1. The number of alkyl halides is 6. The predicted octanol–water partition coefficient (Wildman–Crippen LogP) is 6.47. The number of nitrogens with zero attached hydrogens (tertiary/aromatic N) is 2. The molecule has 1 aliphatic carbocycles. The average Bonchev–Trinajstić information content (AvgIpc) is 2.88.